The first-order valence-electron chi connectivity index (χ1n) is 10.1. The number of benzene rings is 1. The van der Waals surface area contributed by atoms with E-state index in [2.05, 4.69) is 52.2 Å². The third kappa shape index (κ3) is 4.10. The number of rotatable bonds is 4. The first kappa shape index (κ1) is 19.4. The SMILES string of the molecule is Cc1ccc(C)c(-c2[nH]ncc2CN2CCCN(C(=O)c3ccnn3C)CC2)c1. The fraction of sp³-hybridized carbons (Fsp3) is 0.409. The molecule has 7 heteroatoms. The van der Waals surface area contributed by atoms with E-state index < -0.39 is 0 Å². The highest BCUT2D eigenvalue weighted by Gasteiger charge is 2.23. The van der Waals surface area contributed by atoms with E-state index >= 15 is 0 Å². The van der Waals surface area contributed by atoms with Gasteiger partial charge in [0.05, 0.1) is 11.9 Å². The van der Waals surface area contributed by atoms with Crippen molar-refractivity contribution in [1.29, 1.82) is 0 Å². The van der Waals surface area contributed by atoms with Crippen LogP contribution in [-0.2, 0) is 13.6 Å². The molecule has 0 saturated carbocycles. The van der Waals surface area contributed by atoms with Gasteiger partial charge in [-0.25, -0.2) is 0 Å². The van der Waals surface area contributed by atoms with E-state index in [1.807, 2.05) is 18.1 Å². The van der Waals surface area contributed by atoms with E-state index in [9.17, 15) is 4.79 Å². The van der Waals surface area contributed by atoms with Crippen molar-refractivity contribution in [3.05, 3.63) is 59.0 Å². The number of amides is 1. The molecule has 29 heavy (non-hydrogen) atoms. The fourth-order valence-electron chi connectivity index (χ4n) is 3.99. The van der Waals surface area contributed by atoms with Crippen LogP contribution in [0.4, 0.5) is 0 Å². The second kappa shape index (κ2) is 8.21. The van der Waals surface area contributed by atoms with Crippen molar-refractivity contribution in [2.24, 2.45) is 7.05 Å². The Morgan fingerprint density at radius 1 is 1.14 bits per heavy atom. The Morgan fingerprint density at radius 3 is 2.79 bits per heavy atom. The van der Waals surface area contributed by atoms with Gasteiger partial charge in [0, 0.05) is 57.1 Å². The van der Waals surface area contributed by atoms with Gasteiger partial charge in [-0.2, -0.15) is 10.2 Å². The zero-order valence-corrected chi connectivity index (χ0v) is 17.4. The number of carbonyl (C=O) groups excluding carboxylic acids is 1. The number of carbonyl (C=O) groups is 1. The monoisotopic (exact) mass is 392 g/mol. The molecule has 4 rings (SSSR count). The number of hydrogen-bond acceptors (Lipinski definition) is 4. The third-order valence-corrected chi connectivity index (χ3v) is 5.69. The molecular formula is C22H28N6O. The molecular weight excluding hydrogens is 364 g/mol. The van der Waals surface area contributed by atoms with Crippen molar-refractivity contribution in [3.8, 4) is 11.3 Å². The molecule has 1 aliphatic rings. The molecule has 1 saturated heterocycles. The van der Waals surface area contributed by atoms with Gasteiger partial charge in [-0.05, 0) is 38.0 Å². The van der Waals surface area contributed by atoms with Crippen molar-refractivity contribution in [2.75, 3.05) is 26.2 Å². The predicted octanol–water partition coefficient (Wildman–Crippen LogP) is 2.78. The highest BCUT2D eigenvalue weighted by molar-refractivity contribution is 5.92. The number of aryl methyl sites for hydroxylation is 3. The maximum absolute atomic E-state index is 12.8. The van der Waals surface area contributed by atoms with Crippen molar-refractivity contribution >= 4 is 5.91 Å². The Labute approximate surface area is 171 Å². The van der Waals surface area contributed by atoms with Crippen LogP contribution in [0.25, 0.3) is 11.3 Å². The minimum Gasteiger partial charge on any atom is -0.336 e. The van der Waals surface area contributed by atoms with Gasteiger partial charge in [0.25, 0.3) is 5.91 Å². The minimum atomic E-state index is 0.0613. The van der Waals surface area contributed by atoms with E-state index in [-0.39, 0.29) is 5.91 Å². The Bertz CT molecular complexity index is 1000. The molecule has 3 aromatic rings. The average molecular weight is 393 g/mol. The lowest BCUT2D eigenvalue weighted by atomic mass is 10.0. The Balaban J connectivity index is 1.45. The number of nitrogens with one attached hydrogen (secondary N) is 1. The third-order valence-electron chi connectivity index (χ3n) is 5.69. The average Bonchev–Trinajstić information content (AvgIpc) is 3.27. The molecule has 2 aromatic heterocycles. The molecule has 0 atom stereocenters. The van der Waals surface area contributed by atoms with Crippen LogP contribution in [0.15, 0.2) is 36.7 Å². The lowest BCUT2D eigenvalue weighted by Gasteiger charge is -2.22. The summed E-state index contributed by atoms with van der Waals surface area (Å²) in [7, 11) is 1.81. The number of aromatic nitrogens is 4. The van der Waals surface area contributed by atoms with Crippen LogP contribution < -0.4 is 0 Å². The van der Waals surface area contributed by atoms with E-state index in [1.165, 1.54) is 22.3 Å². The van der Waals surface area contributed by atoms with Gasteiger partial charge in [-0.3, -0.25) is 19.5 Å². The summed E-state index contributed by atoms with van der Waals surface area (Å²) in [5.74, 6) is 0.0613. The lowest BCUT2D eigenvalue weighted by Crippen LogP contribution is -2.36. The van der Waals surface area contributed by atoms with E-state index in [0.29, 0.717) is 5.69 Å². The maximum atomic E-state index is 12.8. The second-order valence-electron chi connectivity index (χ2n) is 7.85. The highest BCUT2D eigenvalue weighted by atomic mass is 16.2. The first-order chi connectivity index (χ1) is 14.0. The van der Waals surface area contributed by atoms with Gasteiger partial charge in [0.1, 0.15) is 5.69 Å². The first-order valence-corrected chi connectivity index (χ1v) is 10.1. The van der Waals surface area contributed by atoms with Crippen molar-refractivity contribution in [1.82, 2.24) is 29.8 Å². The summed E-state index contributed by atoms with van der Waals surface area (Å²) in [6.45, 7) is 8.38. The summed E-state index contributed by atoms with van der Waals surface area (Å²) >= 11 is 0. The molecule has 0 bridgehead atoms. The van der Waals surface area contributed by atoms with Crippen molar-refractivity contribution < 1.29 is 4.79 Å². The number of aromatic amines is 1. The van der Waals surface area contributed by atoms with Crippen LogP contribution in [0.5, 0.6) is 0 Å². The summed E-state index contributed by atoms with van der Waals surface area (Å²) in [6, 6.07) is 8.29. The number of hydrogen-bond donors (Lipinski definition) is 1. The Hall–Kier alpha value is -2.93. The Kier molecular flexibility index (Phi) is 5.49. The zero-order valence-electron chi connectivity index (χ0n) is 17.4. The molecule has 1 aliphatic heterocycles. The van der Waals surface area contributed by atoms with Gasteiger partial charge in [0.2, 0.25) is 0 Å². The Morgan fingerprint density at radius 2 is 2.00 bits per heavy atom. The second-order valence-corrected chi connectivity index (χ2v) is 7.85. The van der Waals surface area contributed by atoms with Crippen molar-refractivity contribution in [3.63, 3.8) is 0 Å². The topological polar surface area (TPSA) is 70.1 Å². The van der Waals surface area contributed by atoms with E-state index in [4.69, 9.17) is 0 Å². The van der Waals surface area contributed by atoms with Gasteiger partial charge in [-0.1, -0.05) is 17.7 Å². The largest absolute Gasteiger partial charge is 0.336 e. The molecule has 1 N–H and O–H groups in total. The van der Waals surface area contributed by atoms with E-state index in [0.717, 1.165) is 44.8 Å². The molecule has 152 valence electrons. The van der Waals surface area contributed by atoms with Gasteiger partial charge >= 0.3 is 0 Å². The molecule has 0 aliphatic carbocycles. The fourth-order valence-corrected chi connectivity index (χ4v) is 3.99. The normalized spacial score (nSPS) is 15.5. The summed E-state index contributed by atoms with van der Waals surface area (Å²) in [4.78, 5) is 17.2. The van der Waals surface area contributed by atoms with Gasteiger partial charge < -0.3 is 4.90 Å². The summed E-state index contributed by atoms with van der Waals surface area (Å²) < 4.78 is 1.65. The summed E-state index contributed by atoms with van der Waals surface area (Å²) in [5, 5.41) is 11.6. The van der Waals surface area contributed by atoms with Crippen molar-refractivity contribution in [2.45, 2.75) is 26.8 Å². The zero-order chi connectivity index (χ0) is 20.4. The van der Waals surface area contributed by atoms with Crippen LogP contribution >= 0.6 is 0 Å². The molecule has 1 aromatic carbocycles. The van der Waals surface area contributed by atoms with Gasteiger partial charge in [-0.15, -0.1) is 0 Å². The van der Waals surface area contributed by atoms with Gasteiger partial charge in [0.15, 0.2) is 0 Å². The predicted molar refractivity (Wildman–Crippen MR) is 113 cm³/mol. The maximum Gasteiger partial charge on any atom is 0.272 e. The minimum absolute atomic E-state index is 0.0613. The van der Waals surface area contributed by atoms with Crippen LogP contribution in [0, 0.1) is 13.8 Å². The lowest BCUT2D eigenvalue weighted by molar-refractivity contribution is 0.0750. The van der Waals surface area contributed by atoms with E-state index in [1.54, 1.807) is 16.9 Å². The van der Waals surface area contributed by atoms with Crippen LogP contribution in [0.3, 0.4) is 0 Å². The number of H-pyrrole nitrogens is 1. The molecule has 1 fully saturated rings. The van der Waals surface area contributed by atoms with Crippen LogP contribution in [-0.4, -0.2) is 61.9 Å². The highest BCUT2D eigenvalue weighted by Crippen LogP contribution is 2.27. The van der Waals surface area contributed by atoms with Crippen LogP contribution in [0.2, 0.25) is 0 Å². The number of nitrogens with zero attached hydrogens (tertiary/aromatic N) is 5. The standard InChI is InChI=1S/C22H28N6O/c1-16-5-6-17(2)19(13-16)21-18(14-23-25-21)15-27-9-4-10-28(12-11-27)22(29)20-7-8-24-26(20)3/h5-8,13-14H,4,9-12,15H2,1-3H3,(H,23,25). The molecule has 7 nitrogen and oxygen atoms in total. The molecule has 0 spiro atoms. The molecule has 3 heterocycles. The summed E-state index contributed by atoms with van der Waals surface area (Å²) in [5.41, 5.74) is 6.63. The molecule has 0 radical (unpaired) electrons. The quantitative estimate of drug-likeness (QED) is 0.741. The van der Waals surface area contributed by atoms with Crippen LogP contribution in [0.1, 0.15) is 33.6 Å². The molecule has 1 amide bonds. The molecule has 0 unspecified atom stereocenters. The summed E-state index contributed by atoms with van der Waals surface area (Å²) in [6.07, 6.45) is 4.56. The smallest absolute Gasteiger partial charge is 0.272 e.